The van der Waals surface area contributed by atoms with Crippen LogP contribution >= 0.6 is 0 Å². The standard InChI is InChI=1S/C23H33F2N7O2/c1-13(2)17-11-33-7-5-31(17)22-28-21(16-10-27-19(26)9-15(16)20(24)25)29-23(30-22)32-6-8-34-12-18(32)14(3)4/h9-10,13-14,17-18,20H,5-8,11-12H2,1-4H3,(H2,26,27). The topological polar surface area (TPSA) is 103 Å². The molecule has 9 nitrogen and oxygen atoms in total. The average Bonchev–Trinajstić information content (AvgIpc) is 2.83. The number of halogens is 2. The molecule has 2 aromatic rings. The monoisotopic (exact) mass is 477 g/mol. The Morgan fingerprint density at radius 1 is 0.912 bits per heavy atom. The Hall–Kier alpha value is -2.66. The summed E-state index contributed by atoms with van der Waals surface area (Å²) in [6, 6.07) is 1.29. The molecule has 2 atom stereocenters. The molecule has 0 spiro atoms. The van der Waals surface area contributed by atoms with Crippen molar-refractivity contribution in [2.24, 2.45) is 11.8 Å². The summed E-state index contributed by atoms with van der Waals surface area (Å²) in [6.07, 6.45) is -1.43. The van der Waals surface area contributed by atoms with Crippen molar-refractivity contribution >= 4 is 17.7 Å². The van der Waals surface area contributed by atoms with E-state index >= 15 is 0 Å². The van der Waals surface area contributed by atoms with Gasteiger partial charge in [0.2, 0.25) is 11.9 Å². The molecule has 34 heavy (non-hydrogen) atoms. The predicted octanol–water partition coefficient (Wildman–Crippen LogP) is 3.18. The molecule has 0 aliphatic carbocycles. The molecule has 2 unspecified atom stereocenters. The lowest BCUT2D eigenvalue weighted by Crippen LogP contribution is -2.51. The Balaban J connectivity index is 1.87. The third-order valence-corrected chi connectivity index (χ3v) is 6.43. The van der Waals surface area contributed by atoms with Crippen molar-refractivity contribution < 1.29 is 18.3 Å². The molecule has 2 aliphatic rings. The smallest absolute Gasteiger partial charge is 0.264 e. The minimum absolute atomic E-state index is 0.0228. The Kier molecular flexibility index (Phi) is 7.42. The molecule has 0 saturated carbocycles. The summed E-state index contributed by atoms with van der Waals surface area (Å²) in [5.41, 5.74) is 5.60. The number of aromatic nitrogens is 4. The van der Waals surface area contributed by atoms with Gasteiger partial charge in [-0.25, -0.2) is 13.8 Å². The molecular formula is C23H33F2N7O2. The number of hydrogen-bond acceptors (Lipinski definition) is 9. The number of nitrogens with two attached hydrogens (primary N) is 1. The minimum atomic E-state index is -2.75. The zero-order valence-corrected chi connectivity index (χ0v) is 20.1. The molecule has 0 bridgehead atoms. The van der Waals surface area contributed by atoms with E-state index in [1.54, 1.807) is 0 Å². The lowest BCUT2D eigenvalue weighted by Gasteiger charge is -2.40. The van der Waals surface area contributed by atoms with E-state index in [4.69, 9.17) is 20.2 Å². The summed E-state index contributed by atoms with van der Waals surface area (Å²) in [5, 5.41) is 0. The summed E-state index contributed by atoms with van der Waals surface area (Å²) < 4.78 is 39.3. The SMILES string of the molecule is CC(C)C1COCCN1c1nc(-c2cnc(N)cc2C(F)F)nc(N2CCOCC2C(C)C)n1. The number of alkyl halides is 2. The van der Waals surface area contributed by atoms with Gasteiger partial charge in [0.05, 0.1) is 38.5 Å². The van der Waals surface area contributed by atoms with Crippen LogP contribution in [0.5, 0.6) is 0 Å². The predicted molar refractivity (Wildman–Crippen MR) is 126 cm³/mol. The number of morpholine rings is 2. The maximum atomic E-state index is 13.9. The second-order valence-electron chi connectivity index (χ2n) is 9.42. The van der Waals surface area contributed by atoms with E-state index in [0.717, 1.165) is 0 Å². The fourth-order valence-corrected chi connectivity index (χ4v) is 4.43. The highest BCUT2D eigenvalue weighted by Gasteiger charge is 2.33. The van der Waals surface area contributed by atoms with Crippen molar-refractivity contribution in [1.29, 1.82) is 0 Å². The molecule has 186 valence electrons. The van der Waals surface area contributed by atoms with Gasteiger partial charge < -0.3 is 25.0 Å². The summed E-state index contributed by atoms with van der Waals surface area (Å²) in [5.74, 6) is 1.65. The van der Waals surface area contributed by atoms with E-state index in [9.17, 15) is 8.78 Å². The van der Waals surface area contributed by atoms with Crippen LogP contribution in [0.15, 0.2) is 12.3 Å². The zero-order chi connectivity index (χ0) is 24.4. The lowest BCUT2D eigenvalue weighted by atomic mass is 10.0. The molecule has 11 heteroatoms. The Bertz CT molecular complexity index is 946. The van der Waals surface area contributed by atoms with Gasteiger partial charge in [0.25, 0.3) is 6.43 Å². The van der Waals surface area contributed by atoms with E-state index in [-0.39, 0.29) is 46.7 Å². The van der Waals surface area contributed by atoms with Gasteiger partial charge >= 0.3 is 0 Å². The molecule has 2 aromatic heterocycles. The fraction of sp³-hybridized carbons (Fsp3) is 0.652. The number of ether oxygens (including phenoxy) is 2. The number of anilines is 3. The van der Waals surface area contributed by atoms with Gasteiger partial charge in [-0.2, -0.15) is 15.0 Å². The Morgan fingerprint density at radius 3 is 1.91 bits per heavy atom. The van der Waals surface area contributed by atoms with Crippen LogP contribution in [-0.2, 0) is 9.47 Å². The first-order valence-corrected chi connectivity index (χ1v) is 11.7. The molecule has 4 heterocycles. The van der Waals surface area contributed by atoms with E-state index in [1.807, 2.05) is 0 Å². The summed E-state index contributed by atoms with van der Waals surface area (Å²) in [7, 11) is 0. The van der Waals surface area contributed by atoms with Crippen molar-refractivity contribution in [2.45, 2.75) is 46.2 Å². The van der Waals surface area contributed by atoms with Crippen LogP contribution in [0.2, 0.25) is 0 Å². The van der Waals surface area contributed by atoms with Crippen molar-refractivity contribution in [1.82, 2.24) is 19.9 Å². The number of pyridine rings is 1. The molecule has 0 aromatic carbocycles. The number of hydrogen-bond donors (Lipinski definition) is 1. The molecule has 0 amide bonds. The summed E-state index contributed by atoms with van der Waals surface area (Å²) in [4.78, 5) is 22.4. The molecule has 4 rings (SSSR count). The van der Waals surface area contributed by atoms with Crippen LogP contribution in [0.4, 0.5) is 26.5 Å². The highest BCUT2D eigenvalue weighted by atomic mass is 19.3. The maximum Gasteiger partial charge on any atom is 0.264 e. The Labute approximate surface area is 198 Å². The van der Waals surface area contributed by atoms with Crippen LogP contribution in [-0.4, -0.2) is 71.5 Å². The van der Waals surface area contributed by atoms with E-state index in [1.165, 1.54) is 12.3 Å². The van der Waals surface area contributed by atoms with E-state index in [2.05, 4.69) is 52.4 Å². The van der Waals surface area contributed by atoms with Crippen LogP contribution in [0, 0.1) is 11.8 Å². The highest BCUT2D eigenvalue weighted by molar-refractivity contribution is 5.64. The molecule has 2 N–H and O–H groups in total. The van der Waals surface area contributed by atoms with Crippen molar-refractivity contribution in [3.8, 4) is 11.4 Å². The van der Waals surface area contributed by atoms with Crippen molar-refractivity contribution in [3.05, 3.63) is 17.8 Å². The average molecular weight is 478 g/mol. The normalized spacial score (nSPS) is 21.7. The quantitative estimate of drug-likeness (QED) is 0.672. The van der Waals surface area contributed by atoms with Gasteiger partial charge in [0.15, 0.2) is 5.82 Å². The largest absolute Gasteiger partial charge is 0.384 e. The highest BCUT2D eigenvalue weighted by Crippen LogP contribution is 2.33. The summed E-state index contributed by atoms with van der Waals surface area (Å²) >= 11 is 0. The molecule has 2 aliphatic heterocycles. The number of rotatable bonds is 6. The third kappa shape index (κ3) is 5.05. The molecular weight excluding hydrogens is 444 g/mol. The van der Waals surface area contributed by atoms with Gasteiger partial charge in [-0.15, -0.1) is 0 Å². The van der Waals surface area contributed by atoms with Crippen LogP contribution in [0.1, 0.15) is 39.7 Å². The van der Waals surface area contributed by atoms with Crippen LogP contribution < -0.4 is 15.5 Å². The first kappa shape index (κ1) is 24.5. The summed E-state index contributed by atoms with van der Waals surface area (Å²) in [6.45, 7) is 11.8. The first-order chi connectivity index (χ1) is 16.3. The zero-order valence-electron chi connectivity index (χ0n) is 20.1. The number of nitrogen functional groups attached to an aromatic ring is 1. The fourth-order valence-electron chi connectivity index (χ4n) is 4.43. The lowest BCUT2D eigenvalue weighted by molar-refractivity contribution is 0.0785. The van der Waals surface area contributed by atoms with Gasteiger partial charge in [-0.05, 0) is 17.9 Å². The molecule has 0 radical (unpaired) electrons. The molecule has 2 saturated heterocycles. The first-order valence-electron chi connectivity index (χ1n) is 11.7. The molecule has 2 fully saturated rings. The van der Waals surface area contributed by atoms with E-state index < -0.39 is 6.43 Å². The second kappa shape index (κ2) is 10.3. The van der Waals surface area contributed by atoms with Gasteiger partial charge in [-0.3, -0.25) is 0 Å². The van der Waals surface area contributed by atoms with E-state index in [0.29, 0.717) is 51.4 Å². The van der Waals surface area contributed by atoms with Gasteiger partial charge in [0.1, 0.15) is 5.82 Å². The second-order valence-corrected chi connectivity index (χ2v) is 9.42. The van der Waals surface area contributed by atoms with Gasteiger partial charge in [0, 0.05) is 30.4 Å². The van der Waals surface area contributed by atoms with Crippen molar-refractivity contribution in [2.75, 3.05) is 55.1 Å². The van der Waals surface area contributed by atoms with Crippen molar-refractivity contribution in [3.63, 3.8) is 0 Å². The Morgan fingerprint density at radius 2 is 1.44 bits per heavy atom. The van der Waals surface area contributed by atoms with Gasteiger partial charge in [-0.1, -0.05) is 27.7 Å². The minimum Gasteiger partial charge on any atom is -0.384 e. The maximum absolute atomic E-state index is 13.9. The van der Waals surface area contributed by atoms with Crippen LogP contribution in [0.25, 0.3) is 11.4 Å². The number of nitrogens with zero attached hydrogens (tertiary/aromatic N) is 6. The van der Waals surface area contributed by atoms with Crippen LogP contribution in [0.3, 0.4) is 0 Å². The third-order valence-electron chi connectivity index (χ3n) is 6.43.